The largest absolute Gasteiger partial charge is 0.382 e. The predicted molar refractivity (Wildman–Crippen MR) is 60.3 cm³/mol. The molecule has 0 saturated carbocycles. The Balaban J connectivity index is 1.78. The molecule has 1 aromatic rings. The zero-order valence-corrected chi connectivity index (χ0v) is 9.74. The van der Waals surface area contributed by atoms with Gasteiger partial charge in [0, 0.05) is 38.9 Å². The van der Waals surface area contributed by atoms with Crippen LogP contribution in [-0.2, 0) is 29.0 Å². The van der Waals surface area contributed by atoms with Crippen LogP contribution in [0.2, 0.25) is 0 Å². The van der Waals surface area contributed by atoms with Crippen molar-refractivity contribution < 1.29 is 9.47 Å². The summed E-state index contributed by atoms with van der Waals surface area (Å²) in [5.41, 5.74) is 2.54. The number of nitrogens with zero attached hydrogens (tertiary/aromatic N) is 2. The first-order valence-corrected chi connectivity index (χ1v) is 5.72. The second-order valence-electron chi connectivity index (χ2n) is 3.86. The molecule has 0 fully saturated rings. The van der Waals surface area contributed by atoms with E-state index >= 15 is 0 Å². The Hall–Kier alpha value is -0.910. The molecule has 0 aliphatic carbocycles. The average Bonchev–Trinajstić information content (AvgIpc) is 2.73. The van der Waals surface area contributed by atoms with E-state index in [1.807, 2.05) is 6.33 Å². The molecule has 5 heteroatoms. The Morgan fingerprint density at radius 1 is 1.44 bits per heavy atom. The van der Waals surface area contributed by atoms with E-state index in [9.17, 15) is 0 Å². The molecule has 1 aliphatic heterocycles. The van der Waals surface area contributed by atoms with Gasteiger partial charge >= 0.3 is 0 Å². The van der Waals surface area contributed by atoms with Crippen LogP contribution in [-0.4, -0.2) is 43.0 Å². The minimum Gasteiger partial charge on any atom is -0.382 e. The molecule has 0 spiro atoms. The van der Waals surface area contributed by atoms with Gasteiger partial charge in [0.25, 0.3) is 0 Å². The Labute approximate surface area is 95.8 Å². The first kappa shape index (κ1) is 11.6. The summed E-state index contributed by atoms with van der Waals surface area (Å²) in [7, 11) is 1.68. The Morgan fingerprint density at radius 2 is 2.38 bits per heavy atom. The van der Waals surface area contributed by atoms with Gasteiger partial charge in [0.1, 0.15) is 0 Å². The lowest BCUT2D eigenvalue weighted by molar-refractivity contribution is 0.0663. The van der Waals surface area contributed by atoms with Crippen LogP contribution < -0.4 is 5.32 Å². The zero-order chi connectivity index (χ0) is 11.2. The van der Waals surface area contributed by atoms with Crippen LogP contribution in [0, 0.1) is 0 Å². The fourth-order valence-corrected chi connectivity index (χ4v) is 1.90. The number of ether oxygens (including phenoxy) is 2. The molecule has 0 radical (unpaired) electrons. The smallest absolute Gasteiger partial charge is 0.0953 e. The number of hydrogen-bond donors (Lipinski definition) is 1. The van der Waals surface area contributed by atoms with Crippen LogP contribution in [0.5, 0.6) is 0 Å². The summed E-state index contributed by atoms with van der Waals surface area (Å²) < 4.78 is 12.6. The van der Waals surface area contributed by atoms with Gasteiger partial charge in [0.05, 0.1) is 31.8 Å². The van der Waals surface area contributed by atoms with Gasteiger partial charge in [-0.15, -0.1) is 0 Å². The van der Waals surface area contributed by atoms with Crippen LogP contribution in [0.3, 0.4) is 0 Å². The summed E-state index contributed by atoms with van der Waals surface area (Å²) in [6.45, 7) is 4.86. The van der Waals surface area contributed by atoms with Crippen molar-refractivity contribution in [2.24, 2.45) is 0 Å². The number of aromatic nitrogens is 2. The molecule has 2 rings (SSSR count). The summed E-state index contributed by atoms with van der Waals surface area (Å²) in [6, 6.07) is 0. The van der Waals surface area contributed by atoms with Crippen LogP contribution >= 0.6 is 0 Å². The molecule has 0 saturated heterocycles. The maximum atomic E-state index is 5.45. The first-order chi connectivity index (χ1) is 7.92. The SMILES string of the molecule is COCCOCCn1cnc2c1CCNC2. The minimum atomic E-state index is 0.659. The third-order valence-corrected chi connectivity index (χ3v) is 2.77. The zero-order valence-electron chi connectivity index (χ0n) is 9.74. The molecule has 1 N–H and O–H groups in total. The van der Waals surface area contributed by atoms with Gasteiger partial charge in [-0.3, -0.25) is 0 Å². The van der Waals surface area contributed by atoms with Crippen molar-refractivity contribution in [1.29, 1.82) is 0 Å². The molecular formula is C11H19N3O2. The molecule has 0 bridgehead atoms. The molecule has 2 heterocycles. The van der Waals surface area contributed by atoms with E-state index in [1.165, 1.54) is 11.4 Å². The number of hydrogen-bond acceptors (Lipinski definition) is 4. The molecule has 0 amide bonds. The average molecular weight is 225 g/mol. The summed E-state index contributed by atoms with van der Waals surface area (Å²) >= 11 is 0. The van der Waals surface area contributed by atoms with Crippen molar-refractivity contribution in [3.05, 3.63) is 17.7 Å². The summed E-state index contributed by atoms with van der Waals surface area (Å²) in [6.07, 6.45) is 2.98. The van der Waals surface area contributed by atoms with Crippen molar-refractivity contribution in [1.82, 2.24) is 14.9 Å². The van der Waals surface area contributed by atoms with E-state index in [0.717, 1.165) is 32.7 Å². The second-order valence-corrected chi connectivity index (χ2v) is 3.86. The predicted octanol–water partition coefficient (Wildman–Crippen LogP) is 0.192. The number of rotatable bonds is 6. The van der Waals surface area contributed by atoms with Gasteiger partial charge in [-0.05, 0) is 0 Å². The first-order valence-electron chi connectivity index (χ1n) is 5.72. The van der Waals surface area contributed by atoms with Crippen molar-refractivity contribution in [2.75, 3.05) is 33.5 Å². The molecule has 5 nitrogen and oxygen atoms in total. The number of fused-ring (bicyclic) bond motifs is 1. The van der Waals surface area contributed by atoms with E-state index in [-0.39, 0.29) is 0 Å². The maximum Gasteiger partial charge on any atom is 0.0953 e. The lowest BCUT2D eigenvalue weighted by Gasteiger charge is -2.15. The molecule has 0 atom stereocenters. The quantitative estimate of drug-likeness (QED) is 0.702. The van der Waals surface area contributed by atoms with Crippen LogP contribution in [0.1, 0.15) is 11.4 Å². The summed E-state index contributed by atoms with van der Waals surface area (Å²) in [4.78, 5) is 4.39. The Kier molecular flexibility index (Phi) is 4.33. The lowest BCUT2D eigenvalue weighted by atomic mass is 10.2. The van der Waals surface area contributed by atoms with Crippen molar-refractivity contribution in [3.63, 3.8) is 0 Å². The van der Waals surface area contributed by atoms with Crippen molar-refractivity contribution in [2.45, 2.75) is 19.5 Å². The van der Waals surface area contributed by atoms with Crippen LogP contribution in [0.15, 0.2) is 6.33 Å². The Bertz CT molecular complexity index is 325. The van der Waals surface area contributed by atoms with E-state index in [2.05, 4.69) is 14.9 Å². The normalized spacial score (nSPS) is 15.1. The number of nitrogens with one attached hydrogen (secondary N) is 1. The molecule has 0 unspecified atom stereocenters. The fourth-order valence-electron chi connectivity index (χ4n) is 1.90. The van der Waals surface area contributed by atoms with Crippen molar-refractivity contribution in [3.8, 4) is 0 Å². The monoisotopic (exact) mass is 225 g/mol. The third kappa shape index (κ3) is 2.81. The number of methoxy groups -OCH3 is 1. The third-order valence-electron chi connectivity index (χ3n) is 2.77. The van der Waals surface area contributed by atoms with Gasteiger partial charge in [-0.2, -0.15) is 0 Å². The maximum absolute atomic E-state index is 5.45. The standard InChI is InChI=1S/C11H19N3O2/c1-15-6-7-16-5-4-14-9-13-10-8-12-3-2-11(10)14/h9,12H,2-8H2,1H3. The van der Waals surface area contributed by atoms with E-state index in [4.69, 9.17) is 9.47 Å². The highest BCUT2D eigenvalue weighted by Gasteiger charge is 2.13. The molecule has 1 aliphatic rings. The van der Waals surface area contributed by atoms with Gasteiger partial charge in [-0.25, -0.2) is 4.98 Å². The van der Waals surface area contributed by atoms with Gasteiger partial charge in [-0.1, -0.05) is 0 Å². The minimum absolute atomic E-state index is 0.659. The second kappa shape index (κ2) is 5.98. The Morgan fingerprint density at radius 3 is 3.25 bits per heavy atom. The summed E-state index contributed by atoms with van der Waals surface area (Å²) in [5.74, 6) is 0. The highest BCUT2D eigenvalue weighted by Crippen LogP contribution is 2.11. The highest BCUT2D eigenvalue weighted by atomic mass is 16.5. The molecule has 0 aromatic carbocycles. The van der Waals surface area contributed by atoms with Gasteiger partial charge in [0.2, 0.25) is 0 Å². The highest BCUT2D eigenvalue weighted by molar-refractivity contribution is 5.16. The molecule has 90 valence electrons. The van der Waals surface area contributed by atoms with Crippen LogP contribution in [0.4, 0.5) is 0 Å². The van der Waals surface area contributed by atoms with E-state index in [0.29, 0.717) is 13.2 Å². The van der Waals surface area contributed by atoms with E-state index < -0.39 is 0 Å². The van der Waals surface area contributed by atoms with E-state index in [1.54, 1.807) is 7.11 Å². The summed E-state index contributed by atoms with van der Waals surface area (Å²) in [5, 5.41) is 3.31. The van der Waals surface area contributed by atoms with Crippen molar-refractivity contribution >= 4 is 0 Å². The van der Waals surface area contributed by atoms with Gasteiger partial charge in [0.15, 0.2) is 0 Å². The fraction of sp³-hybridized carbons (Fsp3) is 0.727. The van der Waals surface area contributed by atoms with Crippen LogP contribution in [0.25, 0.3) is 0 Å². The topological polar surface area (TPSA) is 48.3 Å². The molecular weight excluding hydrogens is 206 g/mol. The lowest BCUT2D eigenvalue weighted by Crippen LogP contribution is -2.25. The molecule has 16 heavy (non-hydrogen) atoms. The van der Waals surface area contributed by atoms with Gasteiger partial charge < -0.3 is 19.4 Å². The number of imidazole rings is 1. The molecule has 1 aromatic heterocycles.